The quantitative estimate of drug-likeness (QED) is 0.367. The van der Waals surface area contributed by atoms with Crippen molar-refractivity contribution >= 4 is 46.3 Å². The van der Waals surface area contributed by atoms with E-state index in [0.717, 1.165) is 24.0 Å². The molecule has 3 aromatic rings. The molecule has 3 rings (SSSR count). The molecule has 3 N–H and O–H groups in total. The first-order valence-corrected chi connectivity index (χ1v) is 9.45. The van der Waals surface area contributed by atoms with Gasteiger partial charge in [0.1, 0.15) is 5.82 Å². The smallest absolute Gasteiger partial charge is 0.270 e. The summed E-state index contributed by atoms with van der Waals surface area (Å²) in [7, 11) is 0. The highest BCUT2D eigenvalue weighted by atomic mass is 35.5. The van der Waals surface area contributed by atoms with Gasteiger partial charge in [-0.3, -0.25) is 14.9 Å². The number of nitro groups is 1. The van der Waals surface area contributed by atoms with Gasteiger partial charge in [-0.15, -0.1) is 0 Å². The minimum Gasteiger partial charge on any atom is -0.354 e. The summed E-state index contributed by atoms with van der Waals surface area (Å²) in [6.45, 7) is 4.57. The number of nitrogens with one attached hydrogen (secondary N) is 3. The zero-order chi connectivity index (χ0) is 21.7. The topological polar surface area (TPSA) is 122 Å². The standard InChI is InChI=1S/C20H19ClN6O3/c1-3-22-20-23-12(2)10-18(26-20)24-13-4-6-14(7-5-13)25-19(28)16-9-8-15(27(29)30)11-17(16)21/h4-11H,3H2,1-2H3,(H,25,28)(H2,22,23,24,26). The summed E-state index contributed by atoms with van der Waals surface area (Å²) >= 11 is 6.01. The van der Waals surface area contributed by atoms with E-state index in [1.165, 1.54) is 12.1 Å². The Balaban J connectivity index is 1.69. The number of amides is 1. The van der Waals surface area contributed by atoms with E-state index >= 15 is 0 Å². The van der Waals surface area contributed by atoms with Crippen LogP contribution in [0.25, 0.3) is 0 Å². The second-order valence-electron chi connectivity index (χ2n) is 6.33. The zero-order valence-corrected chi connectivity index (χ0v) is 17.0. The minimum atomic E-state index is -0.570. The van der Waals surface area contributed by atoms with Gasteiger partial charge in [-0.2, -0.15) is 4.98 Å². The molecule has 30 heavy (non-hydrogen) atoms. The van der Waals surface area contributed by atoms with Crippen LogP contribution in [0.4, 0.5) is 28.8 Å². The molecule has 10 heteroatoms. The SMILES string of the molecule is CCNc1nc(C)cc(Nc2ccc(NC(=O)c3ccc([N+](=O)[O-])cc3Cl)cc2)n1. The number of nitro benzene ring substituents is 1. The predicted octanol–water partition coefficient (Wildman–Crippen LogP) is 4.77. The number of halogens is 1. The van der Waals surface area contributed by atoms with E-state index in [-0.39, 0.29) is 16.3 Å². The third kappa shape index (κ3) is 5.21. The van der Waals surface area contributed by atoms with Crippen LogP contribution in [0.5, 0.6) is 0 Å². The van der Waals surface area contributed by atoms with E-state index in [0.29, 0.717) is 17.5 Å². The highest BCUT2D eigenvalue weighted by Gasteiger charge is 2.15. The van der Waals surface area contributed by atoms with Gasteiger partial charge < -0.3 is 16.0 Å². The lowest BCUT2D eigenvalue weighted by atomic mass is 10.2. The number of anilines is 4. The van der Waals surface area contributed by atoms with E-state index in [1.807, 2.05) is 19.9 Å². The van der Waals surface area contributed by atoms with Crippen LogP contribution in [-0.2, 0) is 0 Å². The van der Waals surface area contributed by atoms with Gasteiger partial charge in [0.05, 0.1) is 15.5 Å². The Hall–Kier alpha value is -3.72. The number of carbonyl (C=O) groups excluding carboxylic acids is 1. The van der Waals surface area contributed by atoms with Crippen molar-refractivity contribution in [3.8, 4) is 0 Å². The number of carbonyl (C=O) groups is 1. The maximum Gasteiger partial charge on any atom is 0.270 e. The van der Waals surface area contributed by atoms with Gasteiger partial charge in [0, 0.05) is 41.8 Å². The fourth-order valence-electron chi connectivity index (χ4n) is 2.65. The third-order valence-corrected chi connectivity index (χ3v) is 4.33. The molecule has 0 aliphatic rings. The molecule has 0 aliphatic heterocycles. The summed E-state index contributed by atoms with van der Waals surface area (Å²) in [4.78, 5) is 31.3. The zero-order valence-electron chi connectivity index (χ0n) is 16.3. The molecule has 0 aliphatic carbocycles. The molecule has 0 radical (unpaired) electrons. The van der Waals surface area contributed by atoms with Crippen molar-refractivity contribution in [3.05, 3.63) is 74.9 Å². The number of aryl methyl sites for hydroxylation is 1. The fourth-order valence-corrected chi connectivity index (χ4v) is 2.92. The normalized spacial score (nSPS) is 10.4. The Labute approximate surface area is 177 Å². The first-order chi connectivity index (χ1) is 14.4. The summed E-state index contributed by atoms with van der Waals surface area (Å²) in [5.41, 5.74) is 2.13. The Kier molecular flexibility index (Phi) is 6.43. The van der Waals surface area contributed by atoms with Gasteiger partial charge in [0.25, 0.3) is 11.6 Å². The maximum absolute atomic E-state index is 12.4. The summed E-state index contributed by atoms with van der Waals surface area (Å²) in [5.74, 6) is 0.731. The first-order valence-electron chi connectivity index (χ1n) is 9.07. The lowest BCUT2D eigenvalue weighted by molar-refractivity contribution is -0.384. The average molecular weight is 427 g/mol. The molecule has 0 fully saturated rings. The molecule has 9 nitrogen and oxygen atoms in total. The van der Waals surface area contributed by atoms with Crippen LogP contribution in [0.15, 0.2) is 48.5 Å². The predicted molar refractivity (Wildman–Crippen MR) is 117 cm³/mol. The number of rotatable bonds is 7. The first kappa shape index (κ1) is 21.0. The lowest BCUT2D eigenvalue weighted by Gasteiger charge is -2.10. The van der Waals surface area contributed by atoms with Crippen molar-refractivity contribution in [2.24, 2.45) is 0 Å². The largest absolute Gasteiger partial charge is 0.354 e. The van der Waals surface area contributed by atoms with E-state index < -0.39 is 10.8 Å². The molecule has 0 spiro atoms. The number of aromatic nitrogens is 2. The maximum atomic E-state index is 12.4. The molecule has 0 bridgehead atoms. The van der Waals surface area contributed by atoms with Gasteiger partial charge in [0.15, 0.2) is 0 Å². The molecular formula is C20H19ClN6O3. The van der Waals surface area contributed by atoms with Gasteiger partial charge in [-0.05, 0) is 44.2 Å². The molecule has 1 heterocycles. The van der Waals surface area contributed by atoms with Crippen molar-refractivity contribution in [2.75, 3.05) is 22.5 Å². The number of hydrogen-bond donors (Lipinski definition) is 3. The van der Waals surface area contributed by atoms with Crippen LogP contribution in [0.1, 0.15) is 23.0 Å². The van der Waals surface area contributed by atoms with Crippen LogP contribution in [0.3, 0.4) is 0 Å². The minimum absolute atomic E-state index is 0.00983. The Morgan fingerprint density at radius 2 is 1.80 bits per heavy atom. The third-order valence-electron chi connectivity index (χ3n) is 4.01. The molecule has 0 saturated heterocycles. The van der Waals surface area contributed by atoms with Gasteiger partial charge in [-0.1, -0.05) is 11.6 Å². The lowest BCUT2D eigenvalue weighted by Crippen LogP contribution is -2.12. The van der Waals surface area contributed by atoms with Crippen LogP contribution < -0.4 is 16.0 Å². The number of nitrogens with zero attached hydrogens (tertiary/aromatic N) is 3. The molecule has 154 valence electrons. The Morgan fingerprint density at radius 3 is 2.43 bits per heavy atom. The number of benzene rings is 2. The monoisotopic (exact) mass is 426 g/mol. The highest BCUT2D eigenvalue weighted by Crippen LogP contribution is 2.24. The van der Waals surface area contributed by atoms with Gasteiger partial charge in [0.2, 0.25) is 5.95 Å². The van der Waals surface area contributed by atoms with Gasteiger partial charge >= 0.3 is 0 Å². The Bertz CT molecular complexity index is 1090. The summed E-state index contributed by atoms with van der Waals surface area (Å²) in [5, 5.41) is 19.8. The molecular weight excluding hydrogens is 408 g/mol. The fraction of sp³-hybridized carbons (Fsp3) is 0.150. The van der Waals surface area contributed by atoms with Crippen molar-refractivity contribution in [1.82, 2.24) is 9.97 Å². The average Bonchev–Trinajstić information content (AvgIpc) is 2.69. The highest BCUT2D eigenvalue weighted by molar-refractivity contribution is 6.34. The molecule has 0 atom stereocenters. The number of non-ortho nitro benzene ring substituents is 1. The number of hydrogen-bond acceptors (Lipinski definition) is 7. The second kappa shape index (κ2) is 9.19. The molecule has 0 saturated carbocycles. The van der Waals surface area contributed by atoms with Crippen LogP contribution in [0.2, 0.25) is 5.02 Å². The van der Waals surface area contributed by atoms with Crippen molar-refractivity contribution in [3.63, 3.8) is 0 Å². The van der Waals surface area contributed by atoms with E-state index in [1.54, 1.807) is 24.3 Å². The van der Waals surface area contributed by atoms with Crippen LogP contribution >= 0.6 is 11.6 Å². The van der Waals surface area contributed by atoms with Crippen molar-refractivity contribution in [2.45, 2.75) is 13.8 Å². The van der Waals surface area contributed by atoms with Crippen molar-refractivity contribution in [1.29, 1.82) is 0 Å². The van der Waals surface area contributed by atoms with Crippen LogP contribution in [0, 0.1) is 17.0 Å². The summed E-state index contributed by atoms with van der Waals surface area (Å²) in [6, 6.07) is 12.6. The van der Waals surface area contributed by atoms with Crippen LogP contribution in [-0.4, -0.2) is 27.3 Å². The molecule has 0 unspecified atom stereocenters. The Morgan fingerprint density at radius 1 is 1.10 bits per heavy atom. The van der Waals surface area contributed by atoms with E-state index in [9.17, 15) is 14.9 Å². The summed E-state index contributed by atoms with van der Waals surface area (Å²) < 4.78 is 0. The molecule has 1 aromatic heterocycles. The molecule has 2 aromatic carbocycles. The van der Waals surface area contributed by atoms with Crippen molar-refractivity contribution < 1.29 is 9.72 Å². The molecule has 1 amide bonds. The second-order valence-corrected chi connectivity index (χ2v) is 6.73. The van der Waals surface area contributed by atoms with E-state index in [2.05, 4.69) is 25.9 Å². The summed E-state index contributed by atoms with van der Waals surface area (Å²) in [6.07, 6.45) is 0. The van der Waals surface area contributed by atoms with Gasteiger partial charge in [-0.25, -0.2) is 4.98 Å². The van der Waals surface area contributed by atoms with E-state index in [4.69, 9.17) is 11.6 Å².